The first-order valence-electron chi connectivity index (χ1n) is 7.00. The molecule has 1 saturated heterocycles. The van der Waals surface area contributed by atoms with Crippen molar-refractivity contribution in [2.75, 3.05) is 34.5 Å². The number of hydrogen-bond donors (Lipinski definition) is 1. The molecule has 5 nitrogen and oxygen atoms in total. The number of hydrogen-bond acceptors (Lipinski definition) is 4. The zero-order chi connectivity index (χ0) is 14.4. The highest BCUT2D eigenvalue weighted by molar-refractivity contribution is 5.50. The summed E-state index contributed by atoms with van der Waals surface area (Å²) >= 11 is 0. The molecule has 0 unspecified atom stereocenters. The van der Waals surface area contributed by atoms with E-state index < -0.39 is 0 Å². The second kappa shape index (κ2) is 7.36. The molecular formula is C15H24NO4+. The lowest BCUT2D eigenvalue weighted by atomic mass is 10.1. The zero-order valence-electron chi connectivity index (χ0n) is 12.5. The van der Waals surface area contributed by atoms with Crippen LogP contribution in [0.4, 0.5) is 0 Å². The van der Waals surface area contributed by atoms with E-state index in [2.05, 4.69) is 5.32 Å². The summed E-state index contributed by atoms with van der Waals surface area (Å²) in [5.41, 5.74) is 1.10. The molecule has 0 aliphatic carbocycles. The van der Waals surface area contributed by atoms with Gasteiger partial charge in [0.05, 0.1) is 26.9 Å². The van der Waals surface area contributed by atoms with E-state index >= 15 is 0 Å². The molecular weight excluding hydrogens is 258 g/mol. The van der Waals surface area contributed by atoms with Crippen LogP contribution < -0.4 is 19.5 Å². The molecule has 2 rings (SSSR count). The van der Waals surface area contributed by atoms with E-state index in [0.717, 1.165) is 36.8 Å². The Hall–Kier alpha value is -1.46. The van der Waals surface area contributed by atoms with Gasteiger partial charge in [-0.05, 0) is 18.9 Å². The smallest absolute Gasteiger partial charge is 0.164 e. The van der Waals surface area contributed by atoms with Gasteiger partial charge in [-0.1, -0.05) is 0 Å². The second-order valence-electron chi connectivity index (χ2n) is 4.88. The van der Waals surface area contributed by atoms with E-state index in [1.165, 1.54) is 12.8 Å². The third-order valence-electron chi connectivity index (χ3n) is 3.60. The average molecular weight is 282 g/mol. The highest BCUT2D eigenvalue weighted by atomic mass is 16.5. The van der Waals surface area contributed by atoms with Crippen LogP contribution in [-0.4, -0.2) is 40.6 Å². The molecule has 1 aromatic carbocycles. The summed E-state index contributed by atoms with van der Waals surface area (Å²) in [6.07, 6.45) is 2.73. The largest absolute Gasteiger partial charge is 0.496 e. The number of quaternary nitrogens is 1. The molecule has 1 atom stereocenters. The van der Waals surface area contributed by atoms with Crippen molar-refractivity contribution >= 4 is 0 Å². The summed E-state index contributed by atoms with van der Waals surface area (Å²) in [5.74, 6) is 2.24. The Kier molecular flexibility index (Phi) is 5.49. The maximum Gasteiger partial charge on any atom is 0.164 e. The van der Waals surface area contributed by atoms with E-state index in [-0.39, 0.29) is 0 Å². The highest BCUT2D eigenvalue weighted by Gasteiger charge is 2.18. The second-order valence-corrected chi connectivity index (χ2v) is 4.88. The lowest BCUT2D eigenvalue weighted by Gasteiger charge is -2.14. The third kappa shape index (κ3) is 3.55. The molecule has 1 aromatic rings. The molecule has 0 aromatic heterocycles. The van der Waals surface area contributed by atoms with Crippen LogP contribution in [0, 0.1) is 0 Å². The number of benzene rings is 1. The quantitative estimate of drug-likeness (QED) is 0.809. The molecule has 0 spiro atoms. The summed E-state index contributed by atoms with van der Waals surface area (Å²) in [4.78, 5) is 0. The third-order valence-corrected chi connectivity index (χ3v) is 3.60. The minimum absolute atomic E-state index is 0.390. The SMILES string of the molecule is COc1cc(OC)c(OC)cc1C[NH2+]C[C@@H]1CCCO1. The van der Waals surface area contributed by atoms with Crippen LogP contribution in [0.2, 0.25) is 0 Å². The zero-order valence-corrected chi connectivity index (χ0v) is 12.5. The summed E-state index contributed by atoms with van der Waals surface area (Å²) < 4.78 is 21.7. The van der Waals surface area contributed by atoms with Gasteiger partial charge in [0.1, 0.15) is 24.9 Å². The summed E-state index contributed by atoms with van der Waals surface area (Å²) in [6, 6.07) is 3.84. The van der Waals surface area contributed by atoms with E-state index in [1.807, 2.05) is 12.1 Å². The van der Waals surface area contributed by atoms with Gasteiger partial charge in [-0.25, -0.2) is 0 Å². The Morgan fingerprint density at radius 2 is 1.80 bits per heavy atom. The van der Waals surface area contributed by atoms with Crippen LogP contribution >= 0.6 is 0 Å². The van der Waals surface area contributed by atoms with Gasteiger partial charge in [0.25, 0.3) is 0 Å². The van der Waals surface area contributed by atoms with Crippen molar-refractivity contribution in [3.63, 3.8) is 0 Å². The van der Waals surface area contributed by atoms with Gasteiger partial charge in [0.15, 0.2) is 11.5 Å². The first kappa shape index (κ1) is 14.9. The molecule has 0 radical (unpaired) electrons. The van der Waals surface area contributed by atoms with Crippen molar-refractivity contribution in [3.8, 4) is 17.2 Å². The fourth-order valence-electron chi connectivity index (χ4n) is 2.51. The first-order chi connectivity index (χ1) is 9.78. The Bertz CT molecular complexity index is 430. The van der Waals surface area contributed by atoms with Crippen LogP contribution in [-0.2, 0) is 11.3 Å². The number of ether oxygens (including phenoxy) is 4. The lowest BCUT2D eigenvalue weighted by molar-refractivity contribution is -0.676. The van der Waals surface area contributed by atoms with Crippen LogP contribution in [0.3, 0.4) is 0 Å². The van der Waals surface area contributed by atoms with E-state index in [9.17, 15) is 0 Å². The number of nitrogens with two attached hydrogens (primary N) is 1. The van der Waals surface area contributed by atoms with Crippen LogP contribution in [0.5, 0.6) is 17.2 Å². The maximum atomic E-state index is 5.62. The Labute approximate surface area is 120 Å². The number of rotatable bonds is 7. The Morgan fingerprint density at radius 3 is 2.40 bits per heavy atom. The Morgan fingerprint density at radius 1 is 1.10 bits per heavy atom. The monoisotopic (exact) mass is 282 g/mol. The van der Waals surface area contributed by atoms with E-state index in [1.54, 1.807) is 21.3 Å². The standard InChI is InChI=1S/C15H23NO4/c1-17-13-8-15(19-3)14(18-2)7-11(13)9-16-10-12-5-4-6-20-12/h7-8,12,16H,4-6,9-10H2,1-3H3/p+1/t12-/m0/s1. The topological polar surface area (TPSA) is 53.5 Å². The summed E-state index contributed by atoms with van der Waals surface area (Å²) in [7, 11) is 4.94. The minimum Gasteiger partial charge on any atom is -0.496 e. The van der Waals surface area contributed by atoms with Crippen LogP contribution in [0.15, 0.2) is 12.1 Å². The molecule has 20 heavy (non-hydrogen) atoms. The van der Waals surface area contributed by atoms with Gasteiger partial charge < -0.3 is 24.3 Å². The molecule has 112 valence electrons. The van der Waals surface area contributed by atoms with Crippen molar-refractivity contribution in [2.24, 2.45) is 0 Å². The normalized spacial score (nSPS) is 18.1. The van der Waals surface area contributed by atoms with E-state index in [4.69, 9.17) is 18.9 Å². The predicted octanol–water partition coefficient (Wildman–Crippen LogP) is 0.955. The van der Waals surface area contributed by atoms with Crippen LogP contribution in [0.1, 0.15) is 18.4 Å². The fraction of sp³-hybridized carbons (Fsp3) is 0.600. The van der Waals surface area contributed by atoms with Gasteiger partial charge in [-0.2, -0.15) is 0 Å². The molecule has 0 amide bonds. The summed E-state index contributed by atoms with van der Waals surface area (Å²) in [5, 5.41) is 2.25. The average Bonchev–Trinajstić information content (AvgIpc) is 2.99. The molecule has 0 bridgehead atoms. The Balaban J connectivity index is 2.01. The minimum atomic E-state index is 0.390. The molecule has 0 saturated carbocycles. The van der Waals surface area contributed by atoms with Crippen molar-refractivity contribution in [1.29, 1.82) is 0 Å². The predicted molar refractivity (Wildman–Crippen MR) is 75.6 cm³/mol. The molecule has 1 aliphatic heterocycles. The molecule has 1 fully saturated rings. The maximum absolute atomic E-state index is 5.62. The van der Waals surface area contributed by atoms with Crippen molar-refractivity contribution in [1.82, 2.24) is 0 Å². The first-order valence-corrected chi connectivity index (χ1v) is 7.00. The highest BCUT2D eigenvalue weighted by Crippen LogP contribution is 2.34. The molecule has 2 N–H and O–H groups in total. The van der Waals surface area contributed by atoms with Gasteiger partial charge in [-0.3, -0.25) is 0 Å². The van der Waals surface area contributed by atoms with E-state index in [0.29, 0.717) is 11.9 Å². The molecule has 1 heterocycles. The lowest BCUT2D eigenvalue weighted by Crippen LogP contribution is -2.84. The van der Waals surface area contributed by atoms with Gasteiger partial charge in [0, 0.05) is 12.7 Å². The van der Waals surface area contributed by atoms with Gasteiger partial charge in [0.2, 0.25) is 0 Å². The number of methoxy groups -OCH3 is 3. The van der Waals surface area contributed by atoms with Gasteiger partial charge >= 0.3 is 0 Å². The fourth-order valence-corrected chi connectivity index (χ4v) is 2.51. The van der Waals surface area contributed by atoms with Crippen LogP contribution in [0.25, 0.3) is 0 Å². The van der Waals surface area contributed by atoms with Crippen molar-refractivity contribution in [3.05, 3.63) is 17.7 Å². The molecule has 1 aliphatic rings. The van der Waals surface area contributed by atoms with Gasteiger partial charge in [-0.15, -0.1) is 0 Å². The van der Waals surface area contributed by atoms with Crippen molar-refractivity contribution < 1.29 is 24.3 Å². The molecule has 5 heteroatoms. The van der Waals surface area contributed by atoms with Crippen molar-refractivity contribution in [2.45, 2.75) is 25.5 Å². The summed E-state index contributed by atoms with van der Waals surface area (Å²) in [6.45, 7) is 2.72.